The first-order valence-electron chi connectivity index (χ1n) is 11.2. The molecule has 2 aromatic carbocycles. The van der Waals surface area contributed by atoms with Gasteiger partial charge in [0.2, 0.25) is 11.9 Å². The summed E-state index contributed by atoms with van der Waals surface area (Å²) in [6.45, 7) is 0. The second kappa shape index (κ2) is 7.69. The molecule has 0 saturated carbocycles. The van der Waals surface area contributed by atoms with E-state index in [4.69, 9.17) is 20.9 Å². The van der Waals surface area contributed by atoms with Crippen molar-refractivity contribution in [3.8, 4) is 45.4 Å². The van der Waals surface area contributed by atoms with Crippen molar-refractivity contribution in [2.75, 3.05) is 25.7 Å². The number of nitrogen functional groups attached to an aromatic ring is 2. The van der Waals surface area contributed by atoms with Crippen LogP contribution in [0.2, 0.25) is 0 Å². The predicted octanol–water partition coefficient (Wildman–Crippen LogP) is 3.65. The van der Waals surface area contributed by atoms with E-state index in [1.165, 1.54) is 11.1 Å². The third-order valence-electron chi connectivity index (χ3n) is 6.70. The molecule has 0 radical (unpaired) electrons. The summed E-state index contributed by atoms with van der Waals surface area (Å²) >= 11 is 0. The van der Waals surface area contributed by atoms with Crippen molar-refractivity contribution >= 4 is 11.9 Å². The highest BCUT2D eigenvalue weighted by Crippen LogP contribution is 2.42. The standard InChI is InChI=1S/C26H24N6O2/c1-33-15-5-9-17-13(11-15)3-7-19-21(17)29-25(27)31-23(19)24-20-8-4-14-12-16(34-2)6-10-18(14)22(20)30-26(28)32-24/h5-6,9-12H,3-4,7-8H2,1-2H3,(H2,27,29,31)(H2,28,30,32). The average Bonchev–Trinajstić information content (AvgIpc) is 2.86. The lowest BCUT2D eigenvalue weighted by atomic mass is 9.84. The molecule has 4 aromatic rings. The summed E-state index contributed by atoms with van der Waals surface area (Å²) in [4.78, 5) is 18.6. The van der Waals surface area contributed by atoms with E-state index in [-0.39, 0.29) is 11.9 Å². The molecule has 34 heavy (non-hydrogen) atoms. The van der Waals surface area contributed by atoms with Crippen molar-refractivity contribution in [3.63, 3.8) is 0 Å². The second-order valence-corrected chi connectivity index (χ2v) is 8.56. The number of nitrogens with two attached hydrogens (primary N) is 2. The van der Waals surface area contributed by atoms with Gasteiger partial charge >= 0.3 is 0 Å². The van der Waals surface area contributed by atoms with E-state index < -0.39 is 0 Å². The zero-order valence-electron chi connectivity index (χ0n) is 19.1. The largest absolute Gasteiger partial charge is 0.497 e. The number of methoxy groups -OCH3 is 2. The van der Waals surface area contributed by atoms with E-state index >= 15 is 0 Å². The van der Waals surface area contributed by atoms with E-state index in [0.29, 0.717) is 0 Å². The predicted molar refractivity (Wildman–Crippen MR) is 131 cm³/mol. The van der Waals surface area contributed by atoms with Crippen LogP contribution in [0.1, 0.15) is 22.3 Å². The van der Waals surface area contributed by atoms with Crippen LogP contribution in [-0.4, -0.2) is 34.2 Å². The van der Waals surface area contributed by atoms with E-state index in [2.05, 4.69) is 32.1 Å². The van der Waals surface area contributed by atoms with Gasteiger partial charge in [-0.3, -0.25) is 0 Å². The highest BCUT2D eigenvalue weighted by molar-refractivity contribution is 5.83. The second-order valence-electron chi connectivity index (χ2n) is 8.56. The molecule has 0 saturated heterocycles. The molecule has 0 unspecified atom stereocenters. The summed E-state index contributed by atoms with van der Waals surface area (Å²) < 4.78 is 10.8. The fourth-order valence-electron chi connectivity index (χ4n) is 5.10. The maximum atomic E-state index is 6.22. The van der Waals surface area contributed by atoms with Crippen molar-refractivity contribution in [2.24, 2.45) is 0 Å². The molecule has 0 amide bonds. The highest BCUT2D eigenvalue weighted by atomic mass is 16.5. The van der Waals surface area contributed by atoms with Crippen LogP contribution in [-0.2, 0) is 25.7 Å². The number of aromatic nitrogens is 4. The molecule has 8 heteroatoms. The molecule has 4 N–H and O–H groups in total. The minimum Gasteiger partial charge on any atom is -0.497 e. The Hall–Kier alpha value is -4.20. The number of fused-ring (bicyclic) bond motifs is 6. The number of rotatable bonds is 3. The number of hydrogen-bond acceptors (Lipinski definition) is 8. The maximum absolute atomic E-state index is 6.22. The fraction of sp³-hybridized carbons (Fsp3) is 0.231. The van der Waals surface area contributed by atoms with Gasteiger partial charge in [0.25, 0.3) is 0 Å². The van der Waals surface area contributed by atoms with Gasteiger partial charge in [0.05, 0.1) is 37.0 Å². The normalized spacial score (nSPS) is 13.4. The molecule has 170 valence electrons. The van der Waals surface area contributed by atoms with Crippen molar-refractivity contribution in [1.29, 1.82) is 0 Å². The number of ether oxygens (including phenoxy) is 2. The van der Waals surface area contributed by atoms with Crippen LogP contribution in [0.15, 0.2) is 36.4 Å². The Morgan fingerprint density at radius 3 is 1.41 bits per heavy atom. The van der Waals surface area contributed by atoms with Crippen LogP contribution in [0.25, 0.3) is 33.9 Å². The first-order chi connectivity index (χ1) is 16.6. The molecule has 6 rings (SSSR count). The molecule has 2 aliphatic carbocycles. The Morgan fingerprint density at radius 2 is 1.00 bits per heavy atom. The summed E-state index contributed by atoms with van der Waals surface area (Å²) in [5, 5.41) is 0. The Balaban J connectivity index is 1.56. The molecular weight excluding hydrogens is 428 g/mol. The van der Waals surface area contributed by atoms with Gasteiger partial charge in [-0.25, -0.2) is 19.9 Å². The number of nitrogens with zero attached hydrogens (tertiary/aromatic N) is 4. The molecule has 0 fully saturated rings. The van der Waals surface area contributed by atoms with Gasteiger partial charge in [-0.05, 0) is 73.2 Å². The van der Waals surface area contributed by atoms with E-state index in [1.807, 2.05) is 24.3 Å². The number of aryl methyl sites for hydroxylation is 2. The topological polar surface area (TPSA) is 122 Å². The van der Waals surface area contributed by atoms with Crippen molar-refractivity contribution < 1.29 is 9.47 Å². The van der Waals surface area contributed by atoms with Gasteiger partial charge < -0.3 is 20.9 Å². The molecule has 2 aromatic heterocycles. The lowest BCUT2D eigenvalue weighted by Gasteiger charge is -2.25. The fourth-order valence-corrected chi connectivity index (χ4v) is 5.10. The Morgan fingerprint density at radius 1 is 0.588 bits per heavy atom. The Labute approximate surface area is 197 Å². The van der Waals surface area contributed by atoms with E-state index in [9.17, 15) is 0 Å². The van der Waals surface area contributed by atoms with Crippen LogP contribution >= 0.6 is 0 Å². The monoisotopic (exact) mass is 452 g/mol. The molecule has 2 aliphatic rings. The first kappa shape index (κ1) is 20.4. The number of anilines is 2. The van der Waals surface area contributed by atoms with Gasteiger partial charge in [-0.1, -0.05) is 0 Å². The van der Waals surface area contributed by atoms with Gasteiger partial charge in [0.15, 0.2) is 0 Å². The van der Waals surface area contributed by atoms with Crippen molar-refractivity contribution in [2.45, 2.75) is 25.7 Å². The van der Waals surface area contributed by atoms with Crippen LogP contribution in [0, 0.1) is 0 Å². The lowest BCUT2D eigenvalue weighted by Crippen LogP contribution is -2.15. The van der Waals surface area contributed by atoms with Crippen molar-refractivity contribution in [1.82, 2.24) is 19.9 Å². The highest BCUT2D eigenvalue weighted by Gasteiger charge is 2.29. The minimum absolute atomic E-state index is 0.212. The molecule has 0 bridgehead atoms. The zero-order chi connectivity index (χ0) is 23.4. The summed E-state index contributed by atoms with van der Waals surface area (Å²) in [5.74, 6) is 2.09. The molecule has 2 heterocycles. The van der Waals surface area contributed by atoms with E-state index in [0.717, 1.165) is 82.2 Å². The summed E-state index contributed by atoms with van der Waals surface area (Å²) in [6.07, 6.45) is 3.26. The van der Waals surface area contributed by atoms with Gasteiger partial charge in [-0.2, -0.15) is 0 Å². The average molecular weight is 453 g/mol. The van der Waals surface area contributed by atoms with Gasteiger partial charge in [-0.15, -0.1) is 0 Å². The lowest BCUT2D eigenvalue weighted by molar-refractivity contribution is 0.414. The van der Waals surface area contributed by atoms with Crippen LogP contribution in [0.4, 0.5) is 11.9 Å². The summed E-state index contributed by atoms with van der Waals surface area (Å²) in [7, 11) is 3.35. The van der Waals surface area contributed by atoms with E-state index in [1.54, 1.807) is 14.2 Å². The third kappa shape index (κ3) is 3.14. The molecule has 0 atom stereocenters. The summed E-state index contributed by atoms with van der Waals surface area (Å²) in [6, 6.07) is 12.1. The minimum atomic E-state index is 0.212. The number of hydrogen-bond donors (Lipinski definition) is 2. The number of benzene rings is 2. The quantitative estimate of drug-likeness (QED) is 0.483. The SMILES string of the molecule is COc1ccc2c(c1)CCc1c-2nc(N)nc1-c1nc(N)nc2c1CCc1cc(OC)ccc1-2. The summed E-state index contributed by atoms with van der Waals surface area (Å²) in [5.41, 5.74) is 22.1. The third-order valence-corrected chi connectivity index (χ3v) is 6.70. The molecule has 0 spiro atoms. The maximum Gasteiger partial charge on any atom is 0.221 e. The molecular formula is C26H24N6O2. The molecule has 0 aliphatic heterocycles. The first-order valence-corrected chi connectivity index (χ1v) is 11.2. The Kier molecular flexibility index (Phi) is 4.62. The smallest absolute Gasteiger partial charge is 0.221 e. The van der Waals surface area contributed by atoms with Crippen molar-refractivity contribution in [3.05, 3.63) is 58.7 Å². The van der Waals surface area contributed by atoms with Crippen LogP contribution in [0.5, 0.6) is 11.5 Å². The Bertz CT molecular complexity index is 1360. The van der Waals surface area contributed by atoms with Crippen LogP contribution < -0.4 is 20.9 Å². The zero-order valence-corrected chi connectivity index (χ0v) is 19.1. The van der Waals surface area contributed by atoms with Gasteiger partial charge in [0.1, 0.15) is 11.5 Å². The molecule has 8 nitrogen and oxygen atoms in total. The van der Waals surface area contributed by atoms with Crippen LogP contribution in [0.3, 0.4) is 0 Å². The van der Waals surface area contributed by atoms with Gasteiger partial charge in [0, 0.05) is 22.3 Å².